The van der Waals surface area contributed by atoms with Gasteiger partial charge in [0.25, 0.3) is 0 Å². The van der Waals surface area contributed by atoms with E-state index in [1.165, 1.54) is 0 Å². The first-order valence-corrected chi connectivity index (χ1v) is 11.5. The third-order valence-corrected chi connectivity index (χ3v) is 6.41. The molecule has 6 aromatic rings. The van der Waals surface area contributed by atoms with Crippen molar-refractivity contribution in [3.8, 4) is 28.2 Å². The number of aromatic amines is 2. The second-order valence-electron chi connectivity index (χ2n) is 8.47. The van der Waals surface area contributed by atoms with Crippen molar-refractivity contribution >= 4 is 21.8 Å². The molecule has 3 aromatic carbocycles. The molecule has 34 heavy (non-hydrogen) atoms. The number of hydrogen-bond donors (Lipinski definition) is 3. The van der Waals surface area contributed by atoms with Crippen molar-refractivity contribution in [1.29, 1.82) is 0 Å². The van der Waals surface area contributed by atoms with Crippen molar-refractivity contribution in [2.24, 2.45) is 5.73 Å². The van der Waals surface area contributed by atoms with Crippen LogP contribution in [-0.4, -0.2) is 25.6 Å². The maximum Gasteiger partial charge on any atom is 0.331 e. The summed E-state index contributed by atoms with van der Waals surface area (Å²) < 4.78 is 4.04. The summed E-state index contributed by atoms with van der Waals surface area (Å²) >= 11 is 0. The van der Waals surface area contributed by atoms with Crippen molar-refractivity contribution in [2.45, 2.75) is 13.0 Å². The van der Waals surface area contributed by atoms with Crippen LogP contribution in [0.4, 0.5) is 0 Å². The van der Waals surface area contributed by atoms with Gasteiger partial charge in [0, 0.05) is 51.9 Å². The van der Waals surface area contributed by atoms with Crippen LogP contribution in [0.5, 0.6) is 0 Å². The lowest BCUT2D eigenvalue weighted by Crippen LogP contribution is -2.15. The van der Waals surface area contributed by atoms with E-state index >= 15 is 0 Å². The Labute approximate surface area is 196 Å². The minimum Gasteiger partial charge on any atom is -0.359 e. The lowest BCUT2D eigenvalue weighted by Gasteiger charge is -2.09. The van der Waals surface area contributed by atoms with E-state index in [9.17, 15) is 4.79 Å². The molecule has 0 unspecified atom stereocenters. The molecular weight excluding hydrogens is 422 g/mol. The molecule has 0 amide bonds. The number of nitrogens with zero attached hydrogens (tertiary/aromatic N) is 2. The monoisotopic (exact) mass is 447 g/mol. The average Bonchev–Trinajstić information content (AvgIpc) is 3.56. The lowest BCUT2D eigenvalue weighted by molar-refractivity contribution is 0.671. The topological polar surface area (TPSA) is 84.5 Å². The van der Waals surface area contributed by atoms with Gasteiger partial charge in [0.05, 0.1) is 17.1 Å². The van der Waals surface area contributed by atoms with Crippen molar-refractivity contribution in [1.82, 2.24) is 19.1 Å². The van der Waals surface area contributed by atoms with Crippen molar-refractivity contribution < 1.29 is 0 Å². The van der Waals surface area contributed by atoms with E-state index in [2.05, 4.69) is 32.9 Å². The Bertz CT molecular complexity index is 1670. The van der Waals surface area contributed by atoms with Crippen LogP contribution >= 0.6 is 0 Å². The predicted octanol–water partition coefficient (Wildman–Crippen LogP) is 5.28. The average molecular weight is 448 g/mol. The van der Waals surface area contributed by atoms with E-state index in [1.807, 2.05) is 72.9 Å². The summed E-state index contributed by atoms with van der Waals surface area (Å²) in [5, 5.41) is 2.10. The number of rotatable bonds is 6. The Hall–Kier alpha value is -4.29. The minimum atomic E-state index is -0.169. The number of fused-ring (bicyclic) bond motifs is 2. The number of para-hydroxylation sites is 2. The highest BCUT2D eigenvalue weighted by molar-refractivity contribution is 6.00. The zero-order valence-corrected chi connectivity index (χ0v) is 18.7. The van der Waals surface area contributed by atoms with Crippen LogP contribution in [0, 0.1) is 0 Å². The summed E-state index contributed by atoms with van der Waals surface area (Å²) in [6.07, 6.45) is 4.94. The molecule has 0 saturated carbocycles. The molecule has 0 bridgehead atoms. The zero-order chi connectivity index (χ0) is 23.1. The highest BCUT2D eigenvalue weighted by Gasteiger charge is 2.23. The van der Waals surface area contributed by atoms with Gasteiger partial charge in [-0.2, -0.15) is 0 Å². The SMILES string of the molecule is NCCCn1cc(-c2c(-c3ccccc3)[nH]c(=O)n2-c2c[nH]c3ccccc23)c2ccccc21. The van der Waals surface area contributed by atoms with Gasteiger partial charge in [-0.15, -0.1) is 0 Å². The first-order valence-electron chi connectivity index (χ1n) is 11.5. The number of aromatic nitrogens is 4. The summed E-state index contributed by atoms with van der Waals surface area (Å²) in [6, 6.07) is 26.4. The van der Waals surface area contributed by atoms with Gasteiger partial charge in [-0.1, -0.05) is 66.7 Å². The molecule has 0 aliphatic rings. The van der Waals surface area contributed by atoms with E-state index < -0.39 is 0 Å². The van der Waals surface area contributed by atoms with Crippen LogP contribution in [0.3, 0.4) is 0 Å². The largest absolute Gasteiger partial charge is 0.359 e. The molecule has 0 aliphatic heterocycles. The molecule has 0 fully saturated rings. The molecule has 3 heterocycles. The molecule has 6 rings (SSSR count). The Balaban J connectivity index is 1.70. The van der Waals surface area contributed by atoms with Crippen molar-refractivity contribution in [3.63, 3.8) is 0 Å². The molecule has 0 atom stereocenters. The van der Waals surface area contributed by atoms with Crippen LogP contribution in [0.15, 0.2) is 96.1 Å². The van der Waals surface area contributed by atoms with Gasteiger partial charge in [0.2, 0.25) is 0 Å². The van der Waals surface area contributed by atoms with Crippen LogP contribution in [-0.2, 0) is 6.54 Å². The van der Waals surface area contributed by atoms with Crippen molar-refractivity contribution in [3.05, 3.63) is 102 Å². The van der Waals surface area contributed by atoms with Gasteiger partial charge in [-0.25, -0.2) is 4.79 Å². The van der Waals surface area contributed by atoms with Crippen LogP contribution < -0.4 is 11.4 Å². The fourth-order valence-electron chi connectivity index (χ4n) is 4.86. The normalized spacial score (nSPS) is 11.6. The summed E-state index contributed by atoms with van der Waals surface area (Å²) in [5.41, 5.74) is 12.2. The second-order valence-corrected chi connectivity index (χ2v) is 8.47. The van der Waals surface area contributed by atoms with Crippen LogP contribution in [0.25, 0.3) is 50.0 Å². The van der Waals surface area contributed by atoms with Gasteiger partial charge in [0.15, 0.2) is 0 Å². The Kier molecular flexibility index (Phi) is 4.93. The van der Waals surface area contributed by atoms with Gasteiger partial charge >= 0.3 is 5.69 Å². The number of aryl methyl sites for hydroxylation is 1. The molecule has 6 nitrogen and oxygen atoms in total. The number of nitrogens with two attached hydrogens (primary N) is 1. The molecule has 0 spiro atoms. The third-order valence-electron chi connectivity index (χ3n) is 6.41. The predicted molar refractivity (Wildman–Crippen MR) is 138 cm³/mol. The lowest BCUT2D eigenvalue weighted by atomic mass is 10.0. The highest BCUT2D eigenvalue weighted by atomic mass is 16.1. The Morgan fingerprint density at radius 1 is 0.853 bits per heavy atom. The first kappa shape index (κ1) is 20.3. The van der Waals surface area contributed by atoms with E-state index in [1.54, 1.807) is 4.57 Å². The van der Waals surface area contributed by atoms with Crippen LogP contribution in [0.2, 0.25) is 0 Å². The summed E-state index contributed by atoms with van der Waals surface area (Å²) in [7, 11) is 0. The quantitative estimate of drug-likeness (QED) is 0.324. The van der Waals surface area contributed by atoms with Gasteiger partial charge in [0.1, 0.15) is 0 Å². The Morgan fingerprint density at radius 3 is 2.41 bits per heavy atom. The molecule has 4 N–H and O–H groups in total. The number of nitrogens with one attached hydrogen (secondary N) is 2. The molecule has 6 heteroatoms. The number of hydrogen-bond acceptors (Lipinski definition) is 2. The first-order chi connectivity index (χ1) is 16.8. The van der Waals surface area contributed by atoms with Gasteiger partial charge in [-0.3, -0.25) is 4.57 Å². The Morgan fingerprint density at radius 2 is 1.59 bits per heavy atom. The summed E-state index contributed by atoms with van der Waals surface area (Å²) in [6.45, 7) is 1.45. The molecule has 168 valence electrons. The molecule has 0 aliphatic carbocycles. The minimum absolute atomic E-state index is 0.169. The van der Waals surface area contributed by atoms with Crippen molar-refractivity contribution in [2.75, 3.05) is 6.54 Å². The zero-order valence-electron chi connectivity index (χ0n) is 18.7. The summed E-state index contributed by atoms with van der Waals surface area (Å²) in [4.78, 5) is 20.0. The second kappa shape index (κ2) is 8.24. The van der Waals surface area contributed by atoms with E-state index in [0.29, 0.717) is 6.54 Å². The molecule has 0 radical (unpaired) electrons. The third kappa shape index (κ3) is 3.19. The number of imidazole rings is 1. The molecular formula is C28H25N5O. The fourth-order valence-corrected chi connectivity index (χ4v) is 4.86. The highest BCUT2D eigenvalue weighted by Crippen LogP contribution is 2.38. The fraction of sp³-hybridized carbons (Fsp3) is 0.107. The number of benzene rings is 3. The maximum absolute atomic E-state index is 13.5. The molecule has 0 saturated heterocycles. The van der Waals surface area contributed by atoms with Gasteiger partial charge in [-0.05, 0) is 25.1 Å². The van der Waals surface area contributed by atoms with E-state index in [4.69, 9.17) is 5.73 Å². The molecule has 3 aromatic heterocycles. The van der Waals surface area contributed by atoms with E-state index in [0.717, 1.165) is 63.0 Å². The number of H-pyrrole nitrogens is 2. The summed E-state index contributed by atoms with van der Waals surface area (Å²) in [5.74, 6) is 0. The van der Waals surface area contributed by atoms with Gasteiger partial charge < -0.3 is 20.3 Å². The smallest absolute Gasteiger partial charge is 0.331 e. The van der Waals surface area contributed by atoms with Crippen LogP contribution in [0.1, 0.15) is 6.42 Å². The standard InChI is InChI=1S/C28H25N5O/c29-15-8-16-32-18-22(20-11-5-7-14-24(20)32)27-26(19-9-2-1-3-10-19)31-28(34)33(27)25-17-30-23-13-6-4-12-21(23)25/h1-7,9-14,17-18,30H,8,15-16,29H2,(H,31,34). The maximum atomic E-state index is 13.5. The van der Waals surface area contributed by atoms with E-state index in [-0.39, 0.29) is 5.69 Å².